The summed E-state index contributed by atoms with van der Waals surface area (Å²) in [5.41, 5.74) is 4.18. The quantitative estimate of drug-likeness (QED) is 0.661. The first-order valence-electron chi connectivity index (χ1n) is 5.03. The number of halogens is 1. The Kier molecular flexibility index (Phi) is 3.36. The maximum Gasteiger partial charge on any atom is 0.246 e. The standard InChI is InChI=1S/C9H12BrN3O4S/c10-6-1-7(8(11)12-2-6)18(16,17)13-3-9(15,4-13)5-14/h1-2,14-15H,3-5H2,(H2,11,12). The van der Waals surface area contributed by atoms with Gasteiger partial charge in [-0.05, 0) is 22.0 Å². The third-order valence-electron chi connectivity index (χ3n) is 2.70. The summed E-state index contributed by atoms with van der Waals surface area (Å²) in [5.74, 6) is -0.0994. The van der Waals surface area contributed by atoms with Gasteiger partial charge in [-0.1, -0.05) is 0 Å². The van der Waals surface area contributed by atoms with Crippen molar-refractivity contribution in [2.45, 2.75) is 10.5 Å². The maximum atomic E-state index is 12.2. The van der Waals surface area contributed by atoms with Crippen LogP contribution in [-0.4, -0.2) is 53.2 Å². The molecule has 0 spiro atoms. The molecule has 1 saturated heterocycles. The third kappa shape index (κ3) is 2.24. The summed E-state index contributed by atoms with van der Waals surface area (Å²) in [6.45, 7) is -0.791. The number of pyridine rings is 1. The Balaban J connectivity index is 2.31. The molecule has 0 bridgehead atoms. The Morgan fingerprint density at radius 1 is 1.56 bits per heavy atom. The van der Waals surface area contributed by atoms with Gasteiger partial charge < -0.3 is 15.9 Å². The van der Waals surface area contributed by atoms with Crippen LogP contribution in [0.25, 0.3) is 0 Å². The van der Waals surface area contributed by atoms with Crippen LogP contribution >= 0.6 is 15.9 Å². The van der Waals surface area contributed by atoms with Gasteiger partial charge in [-0.3, -0.25) is 0 Å². The molecule has 0 aliphatic carbocycles. The molecule has 0 amide bonds. The van der Waals surface area contributed by atoms with Crippen LogP contribution in [0.15, 0.2) is 21.6 Å². The van der Waals surface area contributed by atoms with E-state index in [2.05, 4.69) is 20.9 Å². The second kappa shape index (κ2) is 4.42. The van der Waals surface area contributed by atoms with Gasteiger partial charge in [-0.25, -0.2) is 13.4 Å². The number of nitrogens with zero attached hydrogens (tertiary/aromatic N) is 2. The van der Waals surface area contributed by atoms with E-state index >= 15 is 0 Å². The van der Waals surface area contributed by atoms with E-state index < -0.39 is 22.2 Å². The second-order valence-electron chi connectivity index (χ2n) is 4.19. The number of nitrogen functional groups attached to an aromatic ring is 1. The zero-order valence-corrected chi connectivity index (χ0v) is 11.6. The van der Waals surface area contributed by atoms with Crippen molar-refractivity contribution in [2.24, 2.45) is 0 Å². The molecule has 2 rings (SSSR count). The lowest BCUT2D eigenvalue weighted by Crippen LogP contribution is -2.65. The highest BCUT2D eigenvalue weighted by Crippen LogP contribution is 2.30. The Labute approximate surface area is 112 Å². The lowest BCUT2D eigenvalue weighted by atomic mass is 9.99. The van der Waals surface area contributed by atoms with Gasteiger partial charge in [0.1, 0.15) is 16.3 Å². The molecule has 4 N–H and O–H groups in total. The minimum absolute atomic E-state index is 0.0994. The Bertz CT molecular complexity index is 571. The smallest absolute Gasteiger partial charge is 0.246 e. The first-order chi connectivity index (χ1) is 8.28. The molecule has 0 aromatic carbocycles. The van der Waals surface area contributed by atoms with Crippen LogP contribution in [0.2, 0.25) is 0 Å². The van der Waals surface area contributed by atoms with Crippen molar-refractivity contribution in [3.63, 3.8) is 0 Å². The number of sulfonamides is 1. The number of rotatable bonds is 3. The van der Waals surface area contributed by atoms with Gasteiger partial charge in [0.25, 0.3) is 0 Å². The highest BCUT2D eigenvalue weighted by Gasteiger charge is 2.47. The Morgan fingerprint density at radius 3 is 2.72 bits per heavy atom. The largest absolute Gasteiger partial charge is 0.393 e. The van der Waals surface area contributed by atoms with Gasteiger partial charge in [0, 0.05) is 23.8 Å². The molecule has 0 unspecified atom stereocenters. The summed E-state index contributed by atoms with van der Waals surface area (Å²) < 4.78 is 25.9. The summed E-state index contributed by atoms with van der Waals surface area (Å²) in [6, 6.07) is 1.36. The second-order valence-corrected chi connectivity index (χ2v) is 7.01. The number of hydrogen-bond donors (Lipinski definition) is 3. The summed E-state index contributed by atoms with van der Waals surface area (Å²) in [6.07, 6.45) is 1.40. The van der Waals surface area contributed by atoms with Gasteiger partial charge in [-0.2, -0.15) is 4.31 Å². The number of nitrogens with two attached hydrogens (primary N) is 1. The van der Waals surface area contributed by atoms with Crippen molar-refractivity contribution >= 4 is 31.8 Å². The van der Waals surface area contributed by atoms with Crippen LogP contribution in [0.1, 0.15) is 0 Å². The molecule has 0 radical (unpaired) electrons. The van der Waals surface area contributed by atoms with Crippen molar-refractivity contribution in [3.05, 3.63) is 16.7 Å². The van der Waals surface area contributed by atoms with Crippen LogP contribution in [0.5, 0.6) is 0 Å². The molecule has 9 heteroatoms. The molecule has 1 aliphatic heterocycles. The molecule has 100 valence electrons. The number of aliphatic hydroxyl groups is 2. The molecule has 2 heterocycles. The lowest BCUT2D eigenvalue weighted by molar-refractivity contribution is -0.0933. The maximum absolute atomic E-state index is 12.2. The average Bonchev–Trinajstić information content (AvgIpc) is 2.28. The average molecular weight is 338 g/mol. The summed E-state index contributed by atoms with van der Waals surface area (Å²) >= 11 is 3.12. The first-order valence-corrected chi connectivity index (χ1v) is 7.26. The SMILES string of the molecule is Nc1ncc(Br)cc1S(=O)(=O)N1CC(O)(CO)C1. The number of aliphatic hydroxyl groups excluding tert-OH is 1. The summed E-state index contributed by atoms with van der Waals surface area (Å²) in [5, 5.41) is 18.5. The van der Waals surface area contributed by atoms with Gasteiger partial charge in [0.05, 0.1) is 6.61 Å². The fourth-order valence-corrected chi connectivity index (χ4v) is 3.83. The van der Waals surface area contributed by atoms with Crippen molar-refractivity contribution in [2.75, 3.05) is 25.4 Å². The Hall–Kier alpha value is -0.740. The highest BCUT2D eigenvalue weighted by atomic mass is 79.9. The van der Waals surface area contributed by atoms with Crippen LogP contribution in [0, 0.1) is 0 Å². The number of aromatic nitrogens is 1. The summed E-state index contributed by atoms with van der Waals surface area (Å²) in [4.78, 5) is 3.64. The van der Waals surface area contributed by atoms with Crippen molar-refractivity contribution in [1.82, 2.24) is 9.29 Å². The van der Waals surface area contributed by atoms with Crippen LogP contribution in [0.4, 0.5) is 5.82 Å². The van der Waals surface area contributed by atoms with Crippen molar-refractivity contribution < 1.29 is 18.6 Å². The number of hydrogen-bond acceptors (Lipinski definition) is 6. The molecular weight excluding hydrogens is 326 g/mol. The number of β-amino-alcohol motifs (C(OH)–C–C–N with tert-alkyl or cyclic N) is 1. The normalized spacial score (nSPS) is 19.5. The third-order valence-corrected chi connectivity index (χ3v) is 4.96. The molecule has 18 heavy (non-hydrogen) atoms. The lowest BCUT2D eigenvalue weighted by Gasteiger charge is -2.44. The van der Waals surface area contributed by atoms with E-state index in [4.69, 9.17) is 10.8 Å². The molecule has 1 aromatic rings. The van der Waals surface area contributed by atoms with E-state index in [0.29, 0.717) is 4.47 Å². The van der Waals surface area contributed by atoms with E-state index in [1.807, 2.05) is 0 Å². The van der Waals surface area contributed by atoms with Gasteiger partial charge >= 0.3 is 0 Å². The van der Waals surface area contributed by atoms with Crippen LogP contribution in [0.3, 0.4) is 0 Å². The van der Waals surface area contributed by atoms with Crippen molar-refractivity contribution in [1.29, 1.82) is 0 Å². The highest BCUT2D eigenvalue weighted by molar-refractivity contribution is 9.10. The molecule has 1 aromatic heterocycles. The van der Waals surface area contributed by atoms with Gasteiger partial charge in [0.15, 0.2) is 0 Å². The molecule has 0 atom stereocenters. The molecule has 7 nitrogen and oxygen atoms in total. The topological polar surface area (TPSA) is 117 Å². The molecular formula is C9H12BrN3O4S. The van der Waals surface area contributed by atoms with E-state index in [1.165, 1.54) is 12.3 Å². The van der Waals surface area contributed by atoms with Gasteiger partial charge in [-0.15, -0.1) is 0 Å². The Morgan fingerprint density at radius 2 is 2.17 bits per heavy atom. The zero-order valence-electron chi connectivity index (χ0n) is 9.24. The van der Waals surface area contributed by atoms with E-state index in [-0.39, 0.29) is 23.8 Å². The monoisotopic (exact) mass is 337 g/mol. The minimum atomic E-state index is -3.79. The van der Waals surface area contributed by atoms with E-state index in [0.717, 1.165) is 4.31 Å². The predicted molar refractivity (Wildman–Crippen MR) is 67.1 cm³/mol. The minimum Gasteiger partial charge on any atom is -0.393 e. The van der Waals surface area contributed by atoms with E-state index in [1.54, 1.807) is 0 Å². The predicted octanol–water partition coefficient (Wildman–Crippen LogP) is -0.846. The fourth-order valence-electron chi connectivity index (χ4n) is 1.66. The number of anilines is 1. The van der Waals surface area contributed by atoms with Crippen molar-refractivity contribution in [3.8, 4) is 0 Å². The van der Waals surface area contributed by atoms with E-state index in [9.17, 15) is 13.5 Å². The first kappa shape index (κ1) is 13.7. The zero-order chi connectivity index (χ0) is 13.6. The molecule has 1 aliphatic rings. The fraction of sp³-hybridized carbons (Fsp3) is 0.444. The van der Waals surface area contributed by atoms with Crippen LogP contribution in [-0.2, 0) is 10.0 Å². The van der Waals surface area contributed by atoms with Gasteiger partial charge in [0.2, 0.25) is 10.0 Å². The van der Waals surface area contributed by atoms with Crippen LogP contribution < -0.4 is 5.73 Å². The molecule has 0 saturated carbocycles. The summed E-state index contributed by atoms with van der Waals surface area (Å²) in [7, 11) is -3.79. The molecule has 1 fully saturated rings.